The summed E-state index contributed by atoms with van der Waals surface area (Å²) >= 11 is 0. The maximum Gasteiger partial charge on any atom is 0.0345 e. The maximum atomic E-state index is 3.58. The second-order valence-corrected chi connectivity index (χ2v) is 5.02. The summed E-state index contributed by atoms with van der Waals surface area (Å²) in [5.41, 5.74) is 4.01. The molecular formula is C14H21N. The van der Waals surface area contributed by atoms with Crippen molar-refractivity contribution in [1.29, 1.82) is 0 Å². The van der Waals surface area contributed by atoms with Crippen LogP contribution in [0.3, 0.4) is 0 Å². The van der Waals surface area contributed by atoms with Crippen LogP contribution in [0.15, 0.2) is 18.2 Å². The van der Waals surface area contributed by atoms with Crippen LogP contribution < -0.4 is 5.32 Å². The number of hydrogen-bond acceptors (Lipinski definition) is 1. The zero-order valence-electron chi connectivity index (χ0n) is 10.0. The first-order valence-electron chi connectivity index (χ1n) is 5.99. The van der Waals surface area contributed by atoms with Gasteiger partial charge in [0.05, 0.1) is 0 Å². The van der Waals surface area contributed by atoms with Gasteiger partial charge in [-0.1, -0.05) is 18.9 Å². The number of nitrogens with one attached hydrogen (secondary N) is 1. The van der Waals surface area contributed by atoms with Crippen molar-refractivity contribution in [2.45, 2.75) is 46.1 Å². The summed E-state index contributed by atoms with van der Waals surface area (Å²) in [6, 6.07) is 7.24. The van der Waals surface area contributed by atoms with Crippen LogP contribution in [0.1, 0.15) is 37.3 Å². The Morgan fingerprint density at radius 2 is 2.00 bits per heavy atom. The fourth-order valence-corrected chi connectivity index (χ4v) is 2.03. The van der Waals surface area contributed by atoms with Crippen molar-refractivity contribution in [2.75, 3.05) is 5.32 Å². The molecule has 0 saturated heterocycles. The number of anilines is 1. The SMILES string of the molecule is Cc1ccc(NC(C)CC2CC2)cc1C. The largest absolute Gasteiger partial charge is 0.383 e. The van der Waals surface area contributed by atoms with E-state index in [0.717, 1.165) is 5.92 Å². The van der Waals surface area contributed by atoms with E-state index < -0.39 is 0 Å². The number of rotatable bonds is 4. The highest BCUT2D eigenvalue weighted by Crippen LogP contribution is 2.34. The van der Waals surface area contributed by atoms with Gasteiger partial charge >= 0.3 is 0 Å². The van der Waals surface area contributed by atoms with E-state index >= 15 is 0 Å². The molecule has 1 fully saturated rings. The Balaban J connectivity index is 1.93. The van der Waals surface area contributed by atoms with Crippen LogP contribution in [-0.2, 0) is 0 Å². The topological polar surface area (TPSA) is 12.0 Å². The second kappa shape index (κ2) is 4.26. The first-order chi connectivity index (χ1) is 7.15. The standard InChI is InChI=1S/C14H21N/c1-10-4-7-14(8-11(10)2)15-12(3)9-13-5-6-13/h4,7-8,12-13,15H,5-6,9H2,1-3H3. The van der Waals surface area contributed by atoms with Gasteiger partial charge in [0, 0.05) is 11.7 Å². The van der Waals surface area contributed by atoms with Crippen LogP contribution in [0.25, 0.3) is 0 Å². The van der Waals surface area contributed by atoms with E-state index in [1.165, 1.54) is 36.1 Å². The van der Waals surface area contributed by atoms with Gasteiger partial charge in [0.25, 0.3) is 0 Å². The minimum absolute atomic E-state index is 0.611. The summed E-state index contributed by atoms with van der Waals surface area (Å²) < 4.78 is 0. The summed E-state index contributed by atoms with van der Waals surface area (Å²) in [5, 5.41) is 3.58. The number of aryl methyl sites for hydroxylation is 2. The molecule has 0 spiro atoms. The molecule has 1 N–H and O–H groups in total. The van der Waals surface area contributed by atoms with Gasteiger partial charge in [-0.25, -0.2) is 0 Å². The van der Waals surface area contributed by atoms with Gasteiger partial charge in [0.15, 0.2) is 0 Å². The molecule has 82 valence electrons. The molecule has 1 nitrogen and oxygen atoms in total. The Bertz CT molecular complexity index is 339. The first kappa shape index (κ1) is 10.5. The van der Waals surface area contributed by atoms with Crippen LogP contribution in [0.4, 0.5) is 5.69 Å². The van der Waals surface area contributed by atoms with Crippen LogP contribution in [0.2, 0.25) is 0 Å². The molecular weight excluding hydrogens is 182 g/mol. The first-order valence-corrected chi connectivity index (χ1v) is 5.99. The average molecular weight is 203 g/mol. The molecule has 0 heterocycles. The monoisotopic (exact) mass is 203 g/mol. The highest BCUT2D eigenvalue weighted by atomic mass is 14.9. The molecule has 0 aromatic heterocycles. The number of hydrogen-bond donors (Lipinski definition) is 1. The Morgan fingerprint density at radius 1 is 1.27 bits per heavy atom. The van der Waals surface area contributed by atoms with E-state index in [1.54, 1.807) is 0 Å². The molecule has 1 aliphatic rings. The van der Waals surface area contributed by atoms with Gasteiger partial charge < -0.3 is 5.32 Å². The highest BCUT2D eigenvalue weighted by Gasteiger charge is 2.23. The Hall–Kier alpha value is -0.980. The van der Waals surface area contributed by atoms with E-state index in [4.69, 9.17) is 0 Å². The quantitative estimate of drug-likeness (QED) is 0.782. The van der Waals surface area contributed by atoms with Gasteiger partial charge in [-0.3, -0.25) is 0 Å². The summed E-state index contributed by atoms with van der Waals surface area (Å²) in [7, 11) is 0. The van der Waals surface area contributed by atoms with E-state index in [9.17, 15) is 0 Å². The highest BCUT2D eigenvalue weighted by molar-refractivity contribution is 5.48. The molecule has 1 aromatic rings. The Kier molecular flexibility index (Phi) is 2.99. The smallest absolute Gasteiger partial charge is 0.0345 e. The van der Waals surface area contributed by atoms with Crippen molar-refractivity contribution in [3.63, 3.8) is 0 Å². The third kappa shape index (κ3) is 2.98. The molecule has 1 unspecified atom stereocenters. The summed E-state index contributed by atoms with van der Waals surface area (Å²) in [6.07, 6.45) is 4.21. The Labute approximate surface area is 92.9 Å². The summed E-state index contributed by atoms with van der Waals surface area (Å²) in [4.78, 5) is 0. The van der Waals surface area contributed by atoms with Gasteiger partial charge in [0.2, 0.25) is 0 Å². The van der Waals surface area contributed by atoms with Crippen molar-refractivity contribution in [3.8, 4) is 0 Å². The van der Waals surface area contributed by atoms with Gasteiger partial charge in [-0.15, -0.1) is 0 Å². The van der Waals surface area contributed by atoms with Crippen molar-refractivity contribution in [3.05, 3.63) is 29.3 Å². The van der Waals surface area contributed by atoms with Gasteiger partial charge in [-0.05, 0) is 56.4 Å². The van der Waals surface area contributed by atoms with E-state index in [2.05, 4.69) is 44.3 Å². The molecule has 1 aromatic carbocycles. The lowest BCUT2D eigenvalue weighted by Crippen LogP contribution is -2.15. The molecule has 0 amide bonds. The maximum absolute atomic E-state index is 3.58. The van der Waals surface area contributed by atoms with Crippen LogP contribution in [-0.4, -0.2) is 6.04 Å². The average Bonchev–Trinajstić information content (AvgIpc) is 2.95. The predicted molar refractivity (Wildman–Crippen MR) is 66.3 cm³/mol. The van der Waals surface area contributed by atoms with Gasteiger partial charge in [-0.2, -0.15) is 0 Å². The molecule has 0 aliphatic heterocycles. The zero-order valence-corrected chi connectivity index (χ0v) is 10.0. The summed E-state index contributed by atoms with van der Waals surface area (Å²) in [6.45, 7) is 6.62. The lowest BCUT2D eigenvalue weighted by molar-refractivity contribution is 0.642. The zero-order chi connectivity index (χ0) is 10.8. The Morgan fingerprint density at radius 3 is 2.60 bits per heavy atom. The van der Waals surface area contributed by atoms with Crippen molar-refractivity contribution >= 4 is 5.69 Å². The molecule has 0 radical (unpaired) electrons. The lowest BCUT2D eigenvalue weighted by Gasteiger charge is -2.15. The molecule has 0 bridgehead atoms. The molecule has 1 saturated carbocycles. The third-order valence-electron chi connectivity index (χ3n) is 3.30. The minimum Gasteiger partial charge on any atom is -0.383 e. The molecule has 1 atom stereocenters. The molecule has 1 heteroatoms. The van der Waals surface area contributed by atoms with E-state index in [0.29, 0.717) is 6.04 Å². The van der Waals surface area contributed by atoms with Crippen molar-refractivity contribution < 1.29 is 0 Å². The lowest BCUT2D eigenvalue weighted by atomic mass is 10.1. The predicted octanol–water partition coefficient (Wildman–Crippen LogP) is 3.90. The van der Waals surface area contributed by atoms with Crippen LogP contribution >= 0.6 is 0 Å². The van der Waals surface area contributed by atoms with Gasteiger partial charge in [0.1, 0.15) is 0 Å². The van der Waals surface area contributed by atoms with E-state index in [1.807, 2.05) is 0 Å². The molecule has 1 aliphatic carbocycles. The molecule has 15 heavy (non-hydrogen) atoms. The fourth-order valence-electron chi connectivity index (χ4n) is 2.03. The fraction of sp³-hybridized carbons (Fsp3) is 0.571. The van der Waals surface area contributed by atoms with Crippen LogP contribution in [0.5, 0.6) is 0 Å². The number of benzene rings is 1. The third-order valence-corrected chi connectivity index (χ3v) is 3.30. The van der Waals surface area contributed by atoms with E-state index in [-0.39, 0.29) is 0 Å². The van der Waals surface area contributed by atoms with Crippen molar-refractivity contribution in [2.24, 2.45) is 5.92 Å². The molecule has 2 rings (SSSR count). The van der Waals surface area contributed by atoms with Crippen molar-refractivity contribution in [1.82, 2.24) is 0 Å². The minimum atomic E-state index is 0.611. The summed E-state index contributed by atoms with van der Waals surface area (Å²) in [5.74, 6) is 0.999. The normalized spacial score (nSPS) is 17.5. The van der Waals surface area contributed by atoms with Crippen LogP contribution in [0, 0.1) is 19.8 Å². The second-order valence-electron chi connectivity index (χ2n) is 5.02.